The van der Waals surface area contributed by atoms with Crippen molar-refractivity contribution >= 4 is 21.8 Å². The minimum atomic E-state index is 0.817. The quantitative estimate of drug-likeness (QED) is 0.579. The van der Waals surface area contributed by atoms with Crippen molar-refractivity contribution in [3.05, 3.63) is 48.8 Å². The number of hydrogen-bond donors (Lipinski definition) is 2. The Labute approximate surface area is 115 Å². The minimum absolute atomic E-state index is 0.817. The molecule has 4 aromatic rings. The van der Waals surface area contributed by atoms with Crippen LogP contribution in [-0.2, 0) is 0 Å². The normalized spacial score (nSPS) is 11.2. The van der Waals surface area contributed by atoms with Crippen LogP contribution in [-0.4, -0.2) is 22.1 Å². The van der Waals surface area contributed by atoms with Crippen molar-refractivity contribution in [2.75, 3.05) is 7.11 Å². The lowest BCUT2D eigenvalue weighted by atomic mass is 10.1. The highest BCUT2D eigenvalue weighted by atomic mass is 16.5. The third-order valence-electron chi connectivity index (χ3n) is 3.56. The number of rotatable bonds is 2. The van der Waals surface area contributed by atoms with Crippen LogP contribution in [0.5, 0.6) is 5.75 Å². The number of aromatic amines is 2. The Kier molecular flexibility index (Phi) is 2.29. The smallest absolute Gasteiger partial charge is 0.121 e. The van der Waals surface area contributed by atoms with Crippen LogP contribution in [0.1, 0.15) is 0 Å². The van der Waals surface area contributed by atoms with Gasteiger partial charge in [0, 0.05) is 29.2 Å². The van der Waals surface area contributed by atoms with E-state index in [4.69, 9.17) is 9.72 Å². The minimum Gasteiger partial charge on any atom is -0.497 e. The summed E-state index contributed by atoms with van der Waals surface area (Å²) >= 11 is 0. The van der Waals surface area contributed by atoms with Crippen molar-refractivity contribution in [3.63, 3.8) is 0 Å². The van der Waals surface area contributed by atoms with Crippen LogP contribution in [0, 0.1) is 0 Å². The summed E-state index contributed by atoms with van der Waals surface area (Å²) in [6.45, 7) is 0. The molecule has 0 atom stereocenters. The zero-order valence-electron chi connectivity index (χ0n) is 11.0. The average Bonchev–Trinajstić information content (AvgIpc) is 3.17. The van der Waals surface area contributed by atoms with Gasteiger partial charge in [-0.3, -0.25) is 0 Å². The molecule has 0 aliphatic carbocycles. The lowest BCUT2D eigenvalue weighted by molar-refractivity contribution is 0.415. The van der Waals surface area contributed by atoms with Crippen LogP contribution in [0.25, 0.3) is 33.2 Å². The van der Waals surface area contributed by atoms with Gasteiger partial charge in [-0.2, -0.15) is 0 Å². The Morgan fingerprint density at radius 3 is 2.75 bits per heavy atom. The van der Waals surface area contributed by atoms with E-state index in [0.29, 0.717) is 0 Å². The van der Waals surface area contributed by atoms with Crippen LogP contribution in [0.2, 0.25) is 0 Å². The fourth-order valence-corrected chi connectivity index (χ4v) is 2.60. The zero-order chi connectivity index (χ0) is 13.5. The first-order valence-corrected chi connectivity index (χ1v) is 6.45. The number of pyridine rings is 1. The van der Waals surface area contributed by atoms with E-state index in [0.717, 1.165) is 33.6 Å². The maximum Gasteiger partial charge on any atom is 0.121 e. The van der Waals surface area contributed by atoms with E-state index < -0.39 is 0 Å². The molecule has 0 amide bonds. The standard InChI is InChI=1S/C16H13N3O/c1-20-10-4-5-11-12-6-8-18-15(12)16(19-14(11)9-10)13-3-2-7-17-13/h2-9,17-18H,1H3. The first-order chi connectivity index (χ1) is 9.86. The molecule has 1 aromatic carbocycles. The topological polar surface area (TPSA) is 53.7 Å². The summed E-state index contributed by atoms with van der Waals surface area (Å²) in [5.41, 5.74) is 3.91. The van der Waals surface area contributed by atoms with Gasteiger partial charge in [0.05, 0.1) is 23.8 Å². The molecule has 0 saturated carbocycles. The Hall–Kier alpha value is -2.75. The molecule has 0 aliphatic rings. The Balaban J connectivity index is 2.13. The van der Waals surface area contributed by atoms with E-state index >= 15 is 0 Å². The predicted octanol–water partition coefficient (Wildman–Crippen LogP) is 3.72. The summed E-state index contributed by atoms with van der Waals surface area (Å²) in [4.78, 5) is 11.3. The molecule has 0 fully saturated rings. The van der Waals surface area contributed by atoms with Crippen LogP contribution in [0.3, 0.4) is 0 Å². The van der Waals surface area contributed by atoms with E-state index in [1.807, 2.05) is 36.7 Å². The molecule has 0 bridgehead atoms. The van der Waals surface area contributed by atoms with Crippen molar-refractivity contribution in [1.29, 1.82) is 0 Å². The SMILES string of the molecule is COc1ccc2c(c1)nc(-c1ccc[nH]1)c1[nH]ccc12. The van der Waals surface area contributed by atoms with Crippen molar-refractivity contribution < 1.29 is 4.74 Å². The van der Waals surface area contributed by atoms with Gasteiger partial charge in [0.25, 0.3) is 0 Å². The number of fused-ring (bicyclic) bond motifs is 3. The molecule has 3 heterocycles. The second kappa shape index (κ2) is 4.13. The molecule has 0 aliphatic heterocycles. The highest BCUT2D eigenvalue weighted by molar-refractivity contribution is 6.09. The molecule has 4 nitrogen and oxygen atoms in total. The maximum absolute atomic E-state index is 5.29. The maximum atomic E-state index is 5.29. The number of H-pyrrole nitrogens is 2. The molecule has 3 aromatic heterocycles. The van der Waals surface area contributed by atoms with E-state index in [9.17, 15) is 0 Å². The summed E-state index contributed by atoms with van der Waals surface area (Å²) in [6.07, 6.45) is 3.85. The highest BCUT2D eigenvalue weighted by Gasteiger charge is 2.12. The molecule has 0 radical (unpaired) electrons. The van der Waals surface area contributed by atoms with Gasteiger partial charge in [-0.05, 0) is 30.3 Å². The molecule has 4 rings (SSSR count). The first-order valence-electron chi connectivity index (χ1n) is 6.45. The lowest BCUT2D eigenvalue weighted by Crippen LogP contribution is -1.90. The van der Waals surface area contributed by atoms with Crippen LogP contribution in [0.4, 0.5) is 0 Å². The first kappa shape index (κ1) is 11.1. The van der Waals surface area contributed by atoms with Gasteiger partial charge in [0.2, 0.25) is 0 Å². The number of hydrogen-bond acceptors (Lipinski definition) is 2. The van der Waals surface area contributed by atoms with Crippen molar-refractivity contribution in [3.8, 4) is 17.1 Å². The highest BCUT2D eigenvalue weighted by Crippen LogP contribution is 2.32. The van der Waals surface area contributed by atoms with Gasteiger partial charge in [0.1, 0.15) is 11.4 Å². The van der Waals surface area contributed by atoms with Crippen molar-refractivity contribution in [2.24, 2.45) is 0 Å². The molecular weight excluding hydrogens is 250 g/mol. The molecule has 0 saturated heterocycles. The molecule has 0 unspecified atom stereocenters. The Morgan fingerprint density at radius 2 is 1.95 bits per heavy atom. The van der Waals surface area contributed by atoms with Gasteiger partial charge >= 0.3 is 0 Å². The van der Waals surface area contributed by atoms with E-state index in [1.54, 1.807) is 7.11 Å². The Morgan fingerprint density at radius 1 is 1.00 bits per heavy atom. The molecule has 2 N–H and O–H groups in total. The third-order valence-corrected chi connectivity index (χ3v) is 3.56. The van der Waals surface area contributed by atoms with E-state index in [1.165, 1.54) is 5.39 Å². The number of nitrogens with zero attached hydrogens (tertiary/aromatic N) is 1. The zero-order valence-corrected chi connectivity index (χ0v) is 11.0. The number of methoxy groups -OCH3 is 1. The molecular formula is C16H13N3O. The molecule has 20 heavy (non-hydrogen) atoms. The summed E-state index contributed by atoms with van der Waals surface area (Å²) in [5, 5.41) is 2.29. The second-order valence-corrected chi connectivity index (χ2v) is 4.69. The summed E-state index contributed by atoms with van der Waals surface area (Å²) in [6, 6.07) is 12.1. The van der Waals surface area contributed by atoms with Gasteiger partial charge < -0.3 is 14.7 Å². The number of benzene rings is 1. The summed E-state index contributed by atoms with van der Waals surface area (Å²) < 4.78 is 5.29. The van der Waals surface area contributed by atoms with Crippen molar-refractivity contribution in [2.45, 2.75) is 0 Å². The Bertz CT molecular complexity index is 891. The number of ether oxygens (including phenoxy) is 1. The number of aromatic nitrogens is 3. The lowest BCUT2D eigenvalue weighted by Gasteiger charge is -2.07. The fourth-order valence-electron chi connectivity index (χ4n) is 2.60. The molecule has 0 spiro atoms. The van der Waals surface area contributed by atoms with Gasteiger partial charge in [-0.1, -0.05) is 0 Å². The summed E-state index contributed by atoms with van der Waals surface area (Å²) in [7, 11) is 1.67. The predicted molar refractivity (Wildman–Crippen MR) is 79.9 cm³/mol. The van der Waals surface area contributed by atoms with Crippen LogP contribution >= 0.6 is 0 Å². The van der Waals surface area contributed by atoms with Crippen LogP contribution in [0.15, 0.2) is 48.8 Å². The van der Waals surface area contributed by atoms with E-state index in [2.05, 4.69) is 22.1 Å². The van der Waals surface area contributed by atoms with Crippen molar-refractivity contribution in [1.82, 2.24) is 15.0 Å². The fraction of sp³-hybridized carbons (Fsp3) is 0.0625. The van der Waals surface area contributed by atoms with E-state index in [-0.39, 0.29) is 0 Å². The average molecular weight is 263 g/mol. The van der Waals surface area contributed by atoms with Gasteiger partial charge in [-0.25, -0.2) is 4.98 Å². The van der Waals surface area contributed by atoms with Crippen LogP contribution < -0.4 is 4.74 Å². The largest absolute Gasteiger partial charge is 0.497 e. The van der Waals surface area contributed by atoms with Gasteiger partial charge in [0.15, 0.2) is 0 Å². The van der Waals surface area contributed by atoms with Gasteiger partial charge in [-0.15, -0.1) is 0 Å². The molecule has 4 heteroatoms. The second-order valence-electron chi connectivity index (χ2n) is 4.69. The third kappa shape index (κ3) is 1.51. The molecule has 98 valence electrons. The summed E-state index contributed by atoms with van der Waals surface area (Å²) in [5.74, 6) is 0.817. The monoisotopic (exact) mass is 263 g/mol. The number of nitrogens with one attached hydrogen (secondary N) is 2.